The monoisotopic (exact) mass is 261 g/mol. The highest BCUT2D eigenvalue weighted by Crippen LogP contribution is 2.30. The van der Waals surface area contributed by atoms with Gasteiger partial charge in [0.15, 0.2) is 0 Å². The molecule has 1 fully saturated rings. The Balaban J connectivity index is 2.09. The Morgan fingerprint density at radius 3 is 2.74 bits per heavy atom. The van der Waals surface area contributed by atoms with Crippen LogP contribution in [0.1, 0.15) is 58.1 Å². The number of ether oxygens (including phenoxy) is 1. The van der Waals surface area contributed by atoms with E-state index in [1.165, 1.54) is 31.2 Å². The van der Waals surface area contributed by atoms with Gasteiger partial charge in [0.05, 0.1) is 6.10 Å². The maximum absolute atomic E-state index is 5.91. The Hall–Kier alpha value is -1.02. The molecular weight excluding hydrogens is 234 g/mol. The second-order valence-corrected chi connectivity index (χ2v) is 5.71. The zero-order valence-corrected chi connectivity index (χ0v) is 12.5. The highest BCUT2D eigenvalue weighted by Gasteiger charge is 2.24. The molecule has 1 N–H and O–H groups in total. The van der Waals surface area contributed by atoms with Crippen LogP contribution in [0.4, 0.5) is 0 Å². The lowest BCUT2D eigenvalue weighted by Gasteiger charge is -2.25. The molecule has 106 valence electrons. The van der Waals surface area contributed by atoms with Gasteiger partial charge in [-0.1, -0.05) is 39.3 Å². The van der Waals surface area contributed by atoms with Crippen molar-refractivity contribution in [3.05, 3.63) is 29.8 Å². The van der Waals surface area contributed by atoms with Crippen LogP contribution in [-0.4, -0.2) is 12.6 Å². The van der Waals surface area contributed by atoms with E-state index in [1.54, 1.807) is 0 Å². The van der Waals surface area contributed by atoms with E-state index in [1.807, 2.05) is 0 Å². The first-order chi connectivity index (χ1) is 9.24. The van der Waals surface area contributed by atoms with Crippen LogP contribution in [0.15, 0.2) is 24.3 Å². The molecule has 0 radical (unpaired) electrons. The Morgan fingerprint density at radius 2 is 2.11 bits per heavy atom. The lowest BCUT2D eigenvalue weighted by atomic mass is 9.92. The molecule has 2 rings (SSSR count). The predicted octanol–water partition coefficient (Wildman–Crippen LogP) is 4.31. The van der Waals surface area contributed by atoms with Crippen molar-refractivity contribution in [2.45, 2.75) is 58.6 Å². The van der Waals surface area contributed by atoms with Gasteiger partial charge in [0.25, 0.3) is 0 Å². The van der Waals surface area contributed by atoms with E-state index in [2.05, 4.69) is 50.4 Å². The summed E-state index contributed by atoms with van der Waals surface area (Å²) < 4.78 is 5.91. The van der Waals surface area contributed by atoms with Crippen LogP contribution >= 0.6 is 0 Å². The lowest BCUT2D eigenvalue weighted by molar-refractivity contribution is 0.301. The Bertz CT molecular complexity index is 387. The van der Waals surface area contributed by atoms with Gasteiger partial charge in [0.2, 0.25) is 0 Å². The minimum atomic E-state index is 0.438. The molecule has 2 unspecified atom stereocenters. The van der Waals surface area contributed by atoms with Crippen molar-refractivity contribution < 1.29 is 4.74 Å². The summed E-state index contributed by atoms with van der Waals surface area (Å²) >= 11 is 0. The summed E-state index contributed by atoms with van der Waals surface area (Å²) in [5.41, 5.74) is 1.36. The quantitative estimate of drug-likeness (QED) is 0.752. The van der Waals surface area contributed by atoms with Crippen molar-refractivity contribution in [1.29, 1.82) is 0 Å². The van der Waals surface area contributed by atoms with Crippen molar-refractivity contribution in [3.63, 3.8) is 0 Å². The third-order valence-electron chi connectivity index (χ3n) is 3.87. The Labute approximate surface area is 117 Å². The first-order valence-electron chi connectivity index (χ1n) is 7.74. The number of nitrogens with one attached hydrogen (secondary N) is 1. The van der Waals surface area contributed by atoms with Crippen LogP contribution in [0.5, 0.6) is 5.75 Å². The van der Waals surface area contributed by atoms with Crippen LogP contribution in [0.3, 0.4) is 0 Å². The number of rotatable bonds is 8. The summed E-state index contributed by atoms with van der Waals surface area (Å²) in [6, 6.07) is 9.08. The molecule has 0 heterocycles. The fraction of sp³-hybridized carbons (Fsp3) is 0.647. The largest absolute Gasteiger partial charge is 0.490 e. The van der Waals surface area contributed by atoms with Crippen LogP contribution in [0.25, 0.3) is 0 Å². The van der Waals surface area contributed by atoms with E-state index in [0.29, 0.717) is 18.1 Å². The van der Waals surface area contributed by atoms with E-state index in [0.717, 1.165) is 12.3 Å². The lowest BCUT2D eigenvalue weighted by Crippen LogP contribution is -2.27. The SMILES string of the molecule is CCCNC(c1cccc(OC2CC2)c1)C(C)CC. The molecule has 0 bridgehead atoms. The molecule has 2 atom stereocenters. The van der Waals surface area contributed by atoms with E-state index < -0.39 is 0 Å². The second-order valence-electron chi connectivity index (χ2n) is 5.71. The molecule has 1 aliphatic rings. The molecule has 1 aliphatic carbocycles. The number of hydrogen-bond donors (Lipinski definition) is 1. The van der Waals surface area contributed by atoms with Crippen molar-refractivity contribution in [1.82, 2.24) is 5.32 Å². The van der Waals surface area contributed by atoms with E-state index >= 15 is 0 Å². The average Bonchev–Trinajstić information content (AvgIpc) is 3.23. The van der Waals surface area contributed by atoms with Crippen LogP contribution in [0, 0.1) is 5.92 Å². The number of benzene rings is 1. The minimum Gasteiger partial charge on any atom is -0.490 e. The average molecular weight is 261 g/mol. The first kappa shape index (κ1) is 14.4. The molecule has 0 spiro atoms. The van der Waals surface area contributed by atoms with Gasteiger partial charge >= 0.3 is 0 Å². The molecule has 0 amide bonds. The molecule has 0 aliphatic heterocycles. The summed E-state index contributed by atoms with van der Waals surface area (Å²) in [5.74, 6) is 1.68. The fourth-order valence-electron chi connectivity index (χ4n) is 2.34. The molecule has 1 aromatic carbocycles. The van der Waals surface area contributed by atoms with Gasteiger partial charge in [-0.15, -0.1) is 0 Å². The molecule has 2 heteroatoms. The van der Waals surface area contributed by atoms with Crippen molar-refractivity contribution in [2.75, 3.05) is 6.54 Å². The topological polar surface area (TPSA) is 21.3 Å². The maximum atomic E-state index is 5.91. The minimum absolute atomic E-state index is 0.438. The summed E-state index contributed by atoms with van der Waals surface area (Å²) in [6.07, 6.45) is 5.27. The molecule has 19 heavy (non-hydrogen) atoms. The molecule has 2 nitrogen and oxygen atoms in total. The van der Waals surface area contributed by atoms with Crippen molar-refractivity contribution in [3.8, 4) is 5.75 Å². The van der Waals surface area contributed by atoms with E-state index in [9.17, 15) is 0 Å². The van der Waals surface area contributed by atoms with E-state index in [4.69, 9.17) is 4.74 Å². The van der Waals surface area contributed by atoms with Crippen LogP contribution in [-0.2, 0) is 0 Å². The van der Waals surface area contributed by atoms with Gasteiger partial charge in [-0.3, -0.25) is 0 Å². The molecule has 0 saturated heterocycles. The zero-order chi connectivity index (χ0) is 13.7. The Morgan fingerprint density at radius 1 is 1.32 bits per heavy atom. The predicted molar refractivity (Wildman–Crippen MR) is 80.6 cm³/mol. The molecule has 1 saturated carbocycles. The van der Waals surface area contributed by atoms with Gasteiger partial charge in [-0.05, 0) is 49.4 Å². The summed E-state index contributed by atoms with van der Waals surface area (Å²) in [6.45, 7) is 7.87. The number of hydrogen-bond acceptors (Lipinski definition) is 2. The normalized spacial score (nSPS) is 18.1. The van der Waals surface area contributed by atoms with Crippen LogP contribution < -0.4 is 10.1 Å². The summed E-state index contributed by atoms with van der Waals surface area (Å²) in [4.78, 5) is 0. The van der Waals surface area contributed by atoms with E-state index in [-0.39, 0.29) is 0 Å². The van der Waals surface area contributed by atoms with Crippen molar-refractivity contribution >= 4 is 0 Å². The second kappa shape index (κ2) is 6.95. The highest BCUT2D eigenvalue weighted by atomic mass is 16.5. The fourth-order valence-corrected chi connectivity index (χ4v) is 2.34. The van der Waals surface area contributed by atoms with Gasteiger partial charge in [-0.2, -0.15) is 0 Å². The van der Waals surface area contributed by atoms with Gasteiger partial charge in [-0.25, -0.2) is 0 Å². The summed E-state index contributed by atoms with van der Waals surface area (Å²) in [5, 5.41) is 3.68. The molecular formula is C17H27NO. The van der Waals surface area contributed by atoms with Gasteiger partial charge in [0.1, 0.15) is 5.75 Å². The molecule has 0 aromatic heterocycles. The van der Waals surface area contributed by atoms with Gasteiger partial charge in [0, 0.05) is 6.04 Å². The first-order valence-corrected chi connectivity index (χ1v) is 7.74. The third kappa shape index (κ3) is 4.24. The highest BCUT2D eigenvalue weighted by molar-refractivity contribution is 5.31. The van der Waals surface area contributed by atoms with Crippen LogP contribution in [0.2, 0.25) is 0 Å². The summed E-state index contributed by atoms with van der Waals surface area (Å²) in [7, 11) is 0. The van der Waals surface area contributed by atoms with Gasteiger partial charge < -0.3 is 10.1 Å². The van der Waals surface area contributed by atoms with Crippen molar-refractivity contribution in [2.24, 2.45) is 5.92 Å². The smallest absolute Gasteiger partial charge is 0.120 e. The maximum Gasteiger partial charge on any atom is 0.120 e. The third-order valence-corrected chi connectivity index (χ3v) is 3.87. The zero-order valence-electron chi connectivity index (χ0n) is 12.5. The standard InChI is InChI=1S/C17H27NO/c1-4-11-18-17(13(3)5-2)14-7-6-8-16(12-14)19-15-9-10-15/h6-8,12-13,15,17-18H,4-5,9-11H2,1-3H3. The molecule has 1 aromatic rings. The Kier molecular flexibility index (Phi) is 5.26.